The van der Waals surface area contributed by atoms with E-state index in [9.17, 15) is 9.90 Å². The van der Waals surface area contributed by atoms with Gasteiger partial charge in [-0.05, 0) is 59.9 Å². The van der Waals surface area contributed by atoms with Crippen LogP contribution in [0.4, 0.5) is 0 Å². The fourth-order valence-electron chi connectivity index (χ4n) is 2.08. The molecule has 0 aromatic heterocycles. The van der Waals surface area contributed by atoms with Crippen LogP contribution in [0.2, 0.25) is 0 Å². The predicted octanol–water partition coefficient (Wildman–Crippen LogP) is 3.77. The van der Waals surface area contributed by atoms with Crippen molar-refractivity contribution in [2.24, 2.45) is 0 Å². The van der Waals surface area contributed by atoms with Gasteiger partial charge in [-0.2, -0.15) is 0 Å². The quantitative estimate of drug-likeness (QED) is 0.833. The van der Waals surface area contributed by atoms with E-state index in [0.29, 0.717) is 5.75 Å². The molecular weight excluding hydrogens is 252 g/mol. The highest BCUT2D eigenvalue weighted by Gasteiger charge is 2.05. The molecule has 0 heterocycles. The largest absolute Gasteiger partial charge is 0.507 e. The van der Waals surface area contributed by atoms with Crippen molar-refractivity contribution >= 4 is 12.0 Å². The molecule has 20 heavy (non-hydrogen) atoms. The first-order valence-corrected chi connectivity index (χ1v) is 6.29. The molecule has 0 fully saturated rings. The summed E-state index contributed by atoms with van der Waals surface area (Å²) in [6.45, 7) is 3.74. The summed E-state index contributed by atoms with van der Waals surface area (Å²) in [6, 6.07) is 11.5. The molecule has 0 spiro atoms. The lowest BCUT2D eigenvalue weighted by Gasteiger charge is -2.08. The summed E-state index contributed by atoms with van der Waals surface area (Å²) < 4.78 is 0. The van der Waals surface area contributed by atoms with E-state index in [2.05, 4.69) is 0 Å². The minimum atomic E-state index is -0.959. The van der Waals surface area contributed by atoms with Crippen molar-refractivity contribution in [1.29, 1.82) is 0 Å². The Labute approximate surface area is 117 Å². The standard InChI is InChI=1S/C17H16O3/c1-11-9-15(10-12(2)17(11)20)14-6-3-13(4-7-14)5-8-16(18)19/h3-10,20H,1-2H3,(H,18,19)/b8-5+. The molecule has 2 N–H and O–H groups in total. The smallest absolute Gasteiger partial charge is 0.328 e. The van der Waals surface area contributed by atoms with Crippen LogP contribution in [0.1, 0.15) is 16.7 Å². The summed E-state index contributed by atoms with van der Waals surface area (Å²) in [7, 11) is 0. The van der Waals surface area contributed by atoms with Gasteiger partial charge in [-0.3, -0.25) is 0 Å². The van der Waals surface area contributed by atoms with Crippen LogP contribution in [0.5, 0.6) is 5.75 Å². The van der Waals surface area contributed by atoms with Crippen LogP contribution in [-0.4, -0.2) is 16.2 Å². The predicted molar refractivity (Wildman–Crippen MR) is 79.7 cm³/mol. The Hall–Kier alpha value is -2.55. The summed E-state index contributed by atoms with van der Waals surface area (Å²) in [6.07, 6.45) is 2.67. The molecule has 0 aliphatic carbocycles. The highest BCUT2D eigenvalue weighted by Crippen LogP contribution is 2.29. The average molecular weight is 268 g/mol. The normalized spacial score (nSPS) is 10.9. The molecule has 0 saturated carbocycles. The van der Waals surface area contributed by atoms with Crippen molar-refractivity contribution in [1.82, 2.24) is 0 Å². The maximum atomic E-state index is 10.5. The fourth-order valence-corrected chi connectivity index (χ4v) is 2.08. The SMILES string of the molecule is Cc1cc(-c2ccc(/C=C/C(=O)O)cc2)cc(C)c1O. The molecule has 0 amide bonds. The zero-order valence-corrected chi connectivity index (χ0v) is 11.4. The van der Waals surface area contributed by atoms with Gasteiger partial charge in [0.2, 0.25) is 0 Å². The number of aliphatic carboxylic acids is 1. The highest BCUT2D eigenvalue weighted by atomic mass is 16.4. The molecule has 2 rings (SSSR count). The van der Waals surface area contributed by atoms with Crippen LogP contribution in [0.3, 0.4) is 0 Å². The van der Waals surface area contributed by atoms with Crippen LogP contribution < -0.4 is 0 Å². The van der Waals surface area contributed by atoms with Gasteiger partial charge in [-0.25, -0.2) is 4.79 Å². The van der Waals surface area contributed by atoms with Crippen LogP contribution in [0.15, 0.2) is 42.5 Å². The molecule has 3 nitrogen and oxygen atoms in total. The number of carboxylic acid groups (broad SMARTS) is 1. The summed E-state index contributed by atoms with van der Waals surface area (Å²) >= 11 is 0. The van der Waals surface area contributed by atoms with Crippen LogP contribution in [0, 0.1) is 13.8 Å². The van der Waals surface area contributed by atoms with E-state index in [0.717, 1.165) is 33.9 Å². The third-order valence-electron chi connectivity index (χ3n) is 3.15. The lowest BCUT2D eigenvalue weighted by atomic mass is 9.99. The minimum absolute atomic E-state index is 0.328. The maximum absolute atomic E-state index is 10.5. The van der Waals surface area contributed by atoms with Gasteiger partial charge in [0.15, 0.2) is 0 Å². The number of phenolic OH excluding ortho intramolecular Hbond substituents is 1. The number of benzene rings is 2. The van der Waals surface area contributed by atoms with E-state index in [4.69, 9.17) is 5.11 Å². The van der Waals surface area contributed by atoms with Gasteiger partial charge >= 0.3 is 5.97 Å². The number of phenols is 1. The molecule has 0 saturated heterocycles. The summed E-state index contributed by atoms with van der Waals surface area (Å²) in [5.74, 6) is -0.631. The molecule has 102 valence electrons. The number of rotatable bonds is 3. The molecule has 3 heteroatoms. The van der Waals surface area contributed by atoms with Crippen LogP contribution in [0.25, 0.3) is 17.2 Å². The van der Waals surface area contributed by atoms with Crippen molar-refractivity contribution in [2.45, 2.75) is 13.8 Å². The molecule has 0 bridgehead atoms. The van der Waals surface area contributed by atoms with Gasteiger partial charge < -0.3 is 10.2 Å². The van der Waals surface area contributed by atoms with E-state index >= 15 is 0 Å². The third-order valence-corrected chi connectivity index (χ3v) is 3.15. The van der Waals surface area contributed by atoms with Crippen molar-refractivity contribution in [3.05, 3.63) is 59.2 Å². The maximum Gasteiger partial charge on any atom is 0.328 e. The van der Waals surface area contributed by atoms with E-state index < -0.39 is 5.97 Å². The Morgan fingerprint density at radius 2 is 1.55 bits per heavy atom. The van der Waals surface area contributed by atoms with Crippen molar-refractivity contribution in [2.75, 3.05) is 0 Å². The Kier molecular flexibility index (Phi) is 3.89. The van der Waals surface area contributed by atoms with Crippen LogP contribution in [-0.2, 0) is 4.79 Å². The van der Waals surface area contributed by atoms with Crippen LogP contribution >= 0.6 is 0 Å². The number of aryl methyl sites for hydroxylation is 2. The van der Waals surface area contributed by atoms with E-state index in [1.807, 2.05) is 50.2 Å². The number of carboxylic acids is 1. The second-order valence-corrected chi connectivity index (χ2v) is 4.75. The van der Waals surface area contributed by atoms with Gasteiger partial charge in [0.25, 0.3) is 0 Å². The summed E-state index contributed by atoms with van der Waals surface area (Å²) in [5, 5.41) is 18.4. The molecule has 0 atom stereocenters. The number of hydrogen-bond donors (Lipinski definition) is 2. The summed E-state index contributed by atoms with van der Waals surface area (Å²) in [5.41, 5.74) is 4.59. The number of carbonyl (C=O) groups is 1. The van der Waals surface area contributed by atoms with Crippen molar-refractivity contribution in [3.8, 4) is 16.9 Å². The molecule has 0 aliphatic heterocycles. The fraction of sp³-hybridized carbons (Fsp3) is 0.118. The van der Waals surface area contributed by atoms with Crippen molar-refractivity contribution < 1.29 is 15.0 Å². The molecule has 2 aromatic rings. The first-order valence-electron chi connectivity index (χ1n) is 6.29. The van der Waals surface area contributed by atoms with Gasteiger partial charge in [0.1, 0.15) is 5.75 Å². The second-order valence-electron chi connectivity index (χ2n) is 4.75. The Morgan fingerprint density at radius 1 is 1.00 bits per heavy atom. The molecular formula is C17H16O3. The van der Waals surface area contributed by atoms with Gasteiger partial charge in [0.05, 0.1) is 0 Å². The van der Waals surface area contributed by atoms with Gasteiger partial charge in [0, 0.05) is 6.08 Å². The zero-order valence-electron chi connectivity index (χ0n) is 11.4. The van der Waals surface area contributed by atoms with Gasteiger partial charge in [-0.1, -0.05) is 24.3 Å². The lowest BCUT2D eigenvalue weighted by molar-refractivity contribution is -0.131. The van der Waals surface area contributed by atoms with E-state index in [-0.39, 0.29) is 0 Å². The topological polar surface area (TPSA) is 57.5 Å². The number of aromatic hydroxyl groups is 1. The summed E-state index contributed by atoms with van der Waals surface area (Å²) in [4.78, 5) is 10.5. The second kappa shape index (κ2) is 5.61. The number of hydrogen-bond acceptors (Lipinski definition) is 2. The molecule has 0 radical (unpaired) electrons. The minimum Gasteiger partial charge on any atom is -0.507 e. The van der Waals surface area contributed by atoms with E-state index in [1.165, 1.54) is 0 Å². The monoisotopic (exact) mass is 268 g/mol. The lowest BCUT2D eigenvalue weighted by Crippen LogP contribution is -1.86. The van der Waals surface area contributed by atoms with Crippen molar-refractivity contribution in [3.63, 3.8) is 0 Å². The van der Waals surface area contributed by atoms with E-state index in [1.54, 1.807) is 6.08 Å². The zero-order chi connectivity index (χ0) is 14.7. The highest BCUT2D eigenvalue weighted by molar-refractivity contribution is 5.85. The third kappa shape index (κ3) is 3.06. The average Bonchev–Trinajstić information content (AvgIpc) is 2.42. The molecule has 0 unspecified atom stereocenters. The van der Waals surface area contributed by atoms with Gasteiger partial charge in [-0.15, -0.1) is 0 Å². The Bertz CT molecular complexity index is 644. The first kappa shape index (κ1) is 13.9. The Morgan fingerprint density at radius 3 is 2.05 bits per heavy atom. The molecule has 2 aromatic carbocycles. The Balaban J connectivity index is 2.33. The first-order chi connectivity index (χ1) is 9.47. The molecule has 0 aliphatic rings.